The number of hydrogen-bond acceptors (Lipinski definition) is 4. The smallest absolute Gasteiger partial charge is 0.220 e. The Morgan fingerprint density at radius 1 is 1.17 bits per heavy atom. The van der Waals surface area contributed by atoms with Crippen molar-refractivity contribution in [3.63, 3.8) is 0 Å². The van der Waals surface area contributed by atoms with E-state index in [1.54, 1.807) is 0 Å². The van der Waals surface area contributed by atoms with Crippen molar-refractivity contribution in [2.75, 3.05) is 18.0 Å². The fourth-order valence-corrected chi connectivity index (χ4v) is 3.98. The summed E-state index contributed by atoms with van der Waals surface area (Å²) in [5.41, 5.74) is 4.46. The molecular formula is C23H35N5O. The van der Waals surface area contributed by atoms with E-state index >= 15 is 0 Å². The molecule has 0 saturated carbocycles. The average Bonchev–Trinajstić information content (AvgIpc) is 2.98. The number of pyridine rings is 1. The molecule has 0 radical (unpaired) electrons. The molecule has 158 valence electrons. The lowest BCUT2D eigenvalue weighted by Gasteiger charge is -2.27. The van der Waals surface area contributed by atoms with Crippen LogP contribution in [0.2, 0.25) is 0 Å². The molecule has 1 amide bonds. The molecule has 29 heavy (non-hydrogen) atoms. The molecule has 1 saturated heterocycles. The number of carbonyl (C=O) groups is 1. The molecule has 3 rings (SSSR count). The Balaban J connectivity index is 1.47. The number of anilines is 1. The van der Waals surface area contributed by atoms with Gasteiger partial charge in [0.1, 0.15) is 5.82 Å². The van der Waals surface area contributed by atoms with Crippen molar-refractivity contribution in [2.24, 2.45) is 5.92 Å². The molecular weight excluding hydrogens is 362 g/mol. The number of nitrogens with zero attached hydrogens (tertiary/aromatic N) is 4. The number of carbonyl (C=O) groups excluding carboxylic acids is 1. The third kappa shape index (κ3) is 5.81. The molecule has 0 aromatic carbocycles. The van der Waals surface area contributed by atoms with E-state index in [9.17, 15) is 4.79 Å². The first-order valence-electron chi connectivity index (χ1n) is 10.9. The highest BCUT2D eigenvalue weighted by molar-refractivity contribution is 5.76. The summed E-state index contributed by atoms with van der Waals surface area (Å²) >= 11 is 0. The van der Waals surface area contributed by atoms with E-state index in [1.807, 2.05) is 13.1 Å². The highest BCUT2D eigenvalue weighted by Gasteiger charge is 2.14. The number of amides is 1. The van der Waals surface area contributed by atoms with E-state index in [-0.39, 0.29) is 5.91 Å². The molecule has 1 aliphatic heterocycles. The van der Waals surface area contributed by atoms with Gasteiger partial charge in [-0.25, -0.2) is 4.98 Å². The van der Waals surface area contributed by atoms with Crippen molar-refractivity contribution in [3.05, 3.63) is 40.8 Å². The number of rotatable bonds is 8. The quantitative estimate of drug-likeness (QED) is 0.736. The maximum atomic E-state index is 12.3. The van der Waals surface area contributed by atoms with Gasteiger partial charge < -0.3 is 10.2 Å². The van der Waals surface area contributed by atoms with Crippen molar-refractivity contribution < 1.29 is 4.79 Å². The fourth-order valence-electron chi connectivity index (χ4n) is 3.98. The van der Waals surface area contributed by atoms with Crippen molar-refractivity contribution >= 4 is 11.7 Å². The lowest BCUT2D eigenvalue weighted by Crippen LogP contribution is -2.30. The van der Waals surface area contributed by atoms with Crippen LogP contribution in [0.5, 0.6) is 0 Å². The summed E-state index contributed by atoms with van der Waals surface area (Å²) in [6.45, 7) is 12.1. The number of aryl methyl sites for hydroxylation is 1. The largest absolute Gasteiger partial charge is 0.357 e. The van der Waals surface area contributed by atoms with E-state index in [0.29, 0.717) is 18.9 Å². The molecule has 0 unspecified atom stereocenters. The van der Waals surface area contributed by atoms with E-state index in [1.165, 1.54) is 30.5 Å². The second kappa shape index (κ2) is 9.90. The molecule has 0 spiro atoms. The second-order valence-electron chi connectivity index (χ2n) is 8.57. The van der Waals surface area contributed by atoms with Crippen LogP contribution in [0.1, 0.15) is 62.0 Å². The normalized spacial score (nSPS) is 14.4. The maximum absolute atomic E-state index is 12.3. The van der Waals surface area contributed by atoms with Crippen LogP contribution >= 0.6 is 0 Å². The molecule has 0 aliphatic carbocycles. The Bertz CT molecular complexity index is 803. The fraction of sp³-hybridized carbons (Fsp3) is 0.609. The molecule has 6 heteroatoms. The Morgan fingerprint density at radius 3 is 2.59 bits per heavy atom. The van der Waals surface area contributed by atoms with Crippen LogP contribution in [0.25, 0.3) is 0 Å². The summed E-state index contributed by atoms with van der Waals surface area (Å²) in [5, 5.41) is 7.67. The third-order valence-electron chi connectivity index (χ3n) is 5.65. The van der Waals surface area contributed by atoms with Crippen LogP contribution in [-0.2, 0) is 24.3 Å². The molecule has 1 fully saturated rings. The van der Waals surface area contributed by atoms with Gasteiger partial charge in [-0.2, -0.15) is 5.10 Å². The summed E-state index contributed by atoms with van der Waals surface area (Å²) < 4.78 is 2.07. The van der Waals surface area contributed by atoms with Crippen molar-refractivity contribution in [3.8, 4) is 0 Å². The molecule has 0 atom stereocenters. The Hall–Kier alpha value is -2.37. The molecule has 3 heterocycles. The van der Waals surface area contributed by atoms with Gasteiger partial charge in [0.2, 0.25) is 5.91 Å². The van der Waals surface area contributed by atoms with Crippen LogP contribution in [-0.4, -0.2) is 33.8 Å². The molecule has 1 N–H and O–H groups in total. The highest BCUT2D eigenvalue weighted by Crippen LogP contribution is 2.18. The van der Waals surface area contributed by atoms with Crippen molar-refractivity contribution in [1.82, 2.24) is 20.1 Å². The first-order valence-corrected chi connectivity index (χ1v) is 10.9. The zero-order valence-corrected chi connectivity index (χ0v) is 18.4. The summed E-state index contributed by atoms with van der Waals surface area (Å²) in [7, 11) is 0. The number of nitrogens with one attached hydrogen (secondary N) is 1. The standard InChI is InChI=1S/C23H35N5O/c1-17(2)16-28-19(4)21(18(3)26-28)9-11-23(29)25-15-20-8-10-22(24-14-20)27-12-6-5-7-13-27/h8,10,14,17H,5-7,9,11-13,15-16H2,1-4H3,(H,25,29). The lowest BCUT2D eigenvalue weighted by atomic mass is 10.1. The van der Waals surface area contributed by atoms with E-state index in [2.05, 4.69) is 57.9 Å². The molecule has 2 aromatic rings. The summed E-state index contributed by atoms with van der Waals surface area (Å²) in [6, 6.07) is 4.14. The third-order valence-corrected chi connectivity index (χ3v) is 5.65. The summed E-state index contributed by atoms with van der Waals surface area (Å²) in [6.07, 6.45) is 6.90. The minimum Gasteiger partial charge on any atom is -0.357 e. The van der Waals surface area contributed by atoms with Crippen molar-refractivity contribution in [1.29, 1.82) is 0 Å². The number of aromatic nitrogens is 3. The van der Waals surface area contributed by atoms with E-state index in [4.69, 9.17) is 0 Å². The Kier molecular flexibility index (Phi) is 7.29. The van der Waals surface area contributed by atoms with Gasteiger partial charge in [0.15, 0.2) is 0 Å². The van der Waals surface area contributed by atoms with Gasteiger partial charge in [-0.05, 0) is 62.6 Å². The molecule has 6 nitrogen and oxygen atoms in total. The van der Waals surface area contributed by atoms with Gasteiger partial charge >= 0.3 is 0 Å². The minimum absolute atomic E-state index is 0.0699. The lowest BCUT2D eigenvalue weighted by molar-refractivity contribution is -0.121. The van der Waals surface area contributed by atoms with Crippen LogP contribution < -0.4 is 10.2 Å². The molecule has 2 aromatic heterocycles. The SMILES string of the molecule is Cc1nn(CC(C)C)c(C)c1CCC(=O)NCc1ccc(N2CCCCC2)nc1. The van der Waals surface area contributed by atoms with Crippen LogP contribution in [0, 0.1) is 19.8 Å². The Labute approximate surface area is 174 Å². The van der Waals surface area contributed by atoms with Gasteiger partial charge in [-0.1, -0.05) is 19.9 Å². The van der Waals surface area contributed by atoms with E-state index < -0.39 is 0 Å². The summed E-state index contributed by atoms with van der Waals surface area (Å²) in [5.74, 6) is 1.67. The minimum atomic E-state index is 0.0699. The monoisotopic (exact) mass is 397 g/mol. The molecule has 1 aliphatic rings. The Morgan fingerprint density at radius 2 is 1.93 bits per heavy atom. The summed E-state index contributed by atoms with van der Waals surface area (Å²) in [4.78, 5) is 19.3. The molecule has 0 bridgehead atoms. The van der Waals surface area contributed by atoms with Gasteiger partial charge in [0.25, 0.3) is 0 Å². The van der Waals surface area contributed by atoms with Gasteiger partial charge in [0, 0.05) is 44.5 Å². The topological polar surface area (TPSA) is 63.1 Å². The second-order valence-corrected chi connectivity index (χ2v) is 8.57. The first-order chi connectivity index (χ1) is 13.9. The first kappa shape index (κ1) is 21.3. The number of hydrogen-bond donors (Lipinski definition) is 1. The van der Waals surface area contributed by atoms with Crippen LogP contribution in [0.15, 0.2) is 18.3 Å². The van der Waals surface area contributed by atoms with Gasteiger partial charge in [-0.15, -0.1) is 0 Å². The highest BCUT2D eigenvalue weighted by atomic mass is 16.1. The van der Waals surface area contributed by atoms with Crippen LogP contribution in [0.4, 0.5) is 5.82 Å². The van der Waals surface area contributed by atoms with Crippen molar-refractivity contribution in [2.45, 2.75) is 72.9 Å². The zero-order chi connectivity index (χ0) is 20.8. The predicted molar refractivity (Wildman–Crippen MR) is 117 cm³/mol. The van der Waals surface area contributed by atoms with Gasteiger partial charge in [0.05, 0.1) is 5.69 Å². The average molecular weight is 398 g/mol. The zero-order valence-electron chi connectivity index (χ0n) is 18.4. The van der Waals surface area contributed by atoms with E-state index in [0.717, 1.165) is 43.1 Å². The van der Waals surface area contributed by atoms with Gasteiger partial charge in [-0.3, -0.25) is 9.48 Å². The van der Waals surface area contributed by atoms with Crippen LogP contribution in [0.3, 0.4) is 0 Å². The predicted octanol–water partition coefficient (Wildman–Crippen LogP) is 3.79. The maximum Gasteiger partial charge on any atom is 0.220 e. The number of piperidine rings is 1.